The second-order valence-electron chi connectivity index (χ2n) is 4.01. The van der Waals surface area contributed by atoms with Crippen LogP contribution in [-0.4, -0.2) is 44.5 Å². The summed E-state index contributed by atoms with van der Waals surface area (Å²) in [5.41, 5.74) is 0.150. The Balaban J connectivity index is 2.31. The van der Waals surface area contributed by atoms with E-state index in [9.17, 15) is 14.4 Å². The second-order valence-corrected chi connectivity index (χ2v) is 5.01. The number of aromatic amines is 1. The van der Waals surface area contributed by atoms with Crippen molar-refractivity contribution in [2.45, 2.75) is 13.0 Å². The molecule has 1 aliphatic heterocycles. The van der Waals surface area contributed by atoms with Crippen molar-refractivity contribution in [3.8, 4) is 0 Å². The minimum Gasteiger partial charge on any atom is -0.480 e. The Morgan fingerprint density at radius 3 is 2.83 bits per heavy atom. The fourth-order valence-corrected chi connectivity index (χ4v) is 2.89. The van der Waals surface area contributed by atoms with Crippen LogP contribution in [0.25, 0.3) is 0 Å². The highest BCUT2D eigenvalue weighted by Crippen LogP contribution is 2.22. The molecule has 1 amide bonds. The van der Waals surface area contributed by atoms with Crippen molar-refractivity contribution in [1.29, 1.82) is 0 Å². The molecule has 1 aromatic rings. The van der Waals surface area contributed by atoms with E-state index in [0.717, 1.165) is 0 Å². The third-order valence-corrected chi connectivity index (χ3v) is 3.73. The van der Waals surface area contributed by atoms with Gasteiger partial charge in [0.2, 0.25) is 0 Å². The van der Waals surface area contributed by atoms with Crippen LogP contribution in [0, 0.1) is 6.92 Å². The number of nitrogens with one attached hydrogen (secondary N) is 1. The molecular weight excluding hydrogens is 256 g/mol. The number of thioether (sulfide) groups is 1. The number of H-pyrrole nitrogens is 1. The lowest BCUT2D eigenvalue weighted by molar-refractivity contribution is -0.140. The summed E-state index contributed by atoms with van der Waals surface area (Å²) in [6.45, 7) is 1.71. The topological polar surface area (TPSA) is 90.5 Å². The molecule has 7 heteroatoms. The molecule has 0 radical (unpaired) electrons. The van der Waals surface area contributed by atoms with E-state index in [1.165, 1.54) is 22.7 Å². The molecule has 1 fully saturated rings. The van der Waals surface area contributed by atoms with Crippen molar-refractivity contribution < 1.29 is 14.7 Å². The minimum atomic E-state index is -1.04. The molecule has 18 heavy (non-hydrogen) atoms. The highest BCUT2D eigenvalue weighted by atomic mass is 32.2. The van der Waals surface area contributed by atoms with E-state index in [2.05, 4.69) is 4.98 Å². The smallest absolute Gasteiger partial charge is 0.327 e. The molecule has 0 unspecified atom stereocenters. The third-order valence-electron chi connectivity index (χ3n) is 2.71. The number of pyridine rings is 1. The Morgan fingerprint density at radius 2 is 2.22 bits per heavy atom. The molecule has 1 saturated heterocycles. The molecule has 2 heterocycles. The summed E-state index contributed by atoms with van der Waals surface area (Å²) < 4.78 is 0. The van der Waals surface area contributed by atoms with Gasteiger partial charge >= 0.3 is 5.97 Å². The van der Waals surface area contributed by atoms with Crippen LogP contribution in [0.2, 0.25) is 0 Å². The molecule has 1 atom stereocenters. The molecular formula is C11H12N2O4S. The van der Waals surface area contributed by atoms with E-state index in [4.69, 9.17) is 5.11 Å². The van der Waals surface area contributed by atoms with E-state index >= 15 is 0 Å². The Labute approximate surface area is 107 Å². The molecule has 1 aromatic heterocycles. The number of aliphatic carboxylic acids is 1. The molecule has 0 aromatic carbocycles. The number of aromatic nitrogens is 1. The Hall–Kier alpha value is -1.76. The number of carbonyl (C=O) groups is 2. The zero-order chi connectivity index (χ0) is 13.3. The summed E-state index contributed by atoms with van der Waals surface area (Å²) in [4.78, 5) is 38.5. The first-order valence-electron chi connectivity index (χ1n) is 5.32. The maximum atomic E-state index is 12.1. The van der Waals surface area contributed by atoms with Gasteiger partial charge in [0.15, 0.2) is 0 Å². The van der Waals surface area contributed by atoms with Gasteiger partial charge in [0, 0.05) is 11.4 Å². The molecule has 0 saturated carbocycles. The molecule has 0 spiro atoms. The second kappa shape index (κ2) is 4.85. The van der Waals surface area contributed by atoms with Gasteiger partial charge in [-0.25, -0.2) is 4.79 Å². The summed E-state index contributed by atoms with van der Waals surface area (Å²) in [5, 5.41) is 9.00. The van der Waals surface area contributed by atoms with Crippen LogP contribution in [-0.2, 0) is 4.79 Å². The van der Waals surface area contributed by atoms with Crippen LogP contribution < -0.4 is 5.56 Å². The Kier molecular flexibility index (Phi) is 3.42. The average Bonchev–Trinajstić information content (AvgIpc) is 2.77. The highest BCUT2D eigenvalue weighted by Gasteiger charge is 2.35. The Bertz CT molecular complexity index is 554. The number of carboxylic acid groups (broad SMARTS) is 1. The lowest BCUT2D eigenvalue weighted by Crippen LogP contribution is -2.43. The molecule has 0 bridgehead atoms. The Morgan fingerprint density at radius 1 is 1.50 bits per heavy atom. The van der Waals surface area contributed by atoms with Crippen molar-refractivity contribution in [3.05, 3.63) is 33.7 Å². The maximum Gasteiger partial charge on any atom is 0.327 e. The van der Waals surface area contributed by atoms with Gasteiger partial charge < -0.3 is 15.0 Å². The van der Waals surface area contributed by atoms with E-state index in [0.29, 0.717) is 17.3 Å². The van der Waals surface area contributed by atoms with Gasteiger partial charge in [-0.15, -0.1) is 11.8 Å². The first kappa shape index (κ1) is 12.7. The van der Waals surface area contributed by atoms with E-state index in [1.807, 2.05) is 0 Å². The van der Waals surface area contributed by atoms with Crippen molar-refractivity contribution in [3.63, 3.8) is 0 Å². The number of carbonyl (C=O) groups excluding carboxylic acids is 1. The molecule has 2 rings (SSSR count). The largest absolute Gasteiger partial charge is 0.480 e. The highest BCUT2D eigenvalue weighted by molar-refractivity contribution is 7.99. The lowest BCUT2D eigenvalue weighted by Gasteiger charge is -2.19. The van der Waals surface area contributed by atoms with Crippen molar-refractivity contribution in [1.82, 2.24) is 9.88 Å². The number of amides is 1. The fourth-order valence-electron chi connectivity index (χ4n) is 1.74. The number of carboxylic acids is 1. The maximum absolute atomic E-state index is 12.1. The normalized spacial score (nSPS) is 18.9. The first-order chi connectivity index (χ1) is 8.50. The van der Waals surface area contributed by atoms with Gasteiger partial charge in [0.05, 0.1) is 5.88 Å². The molecule has 6 nitrogen and oxygen atoms in total. The van der Waals surface area contributed by atoms with Gasteiger partial charge in [-0.05, 0) is 19.1 Å². The number of hydrogen-bond acceptors (Lipinski definition) is 4. The van der Waals surface area contributed by atoms with E-state index < -0.39 is 23.5 Å². The van der Waals surface area contributed by atoms with Crippen LogP contribution in [0.1, 0.15) is 16.1 Å². The van der Waals surface area contributed by atoms with Gasteiger partial charge in [0.1, 0.15) is 11.6 Å². The van der Waals surface area contributed by atoms with E-state index in [-0.39, 0.29) is 5.56 Å². The predicted octanol–water partition coefficient (Wildman–Crippen LogP) is 0.283. The van der Waals surface area contributed by atoms with Crippen molar-refractivity contribution >= 4 is 23.6 Å². The third kappa shape index (κ3) is 2.26. The molecule has 1 aliphatic rings. The zero-order valence-corrected chi connectivity index (χ0v) is 10.5. The minimum absolute atomic E-state index is 0.0191. The number of aryl methyl sites for hydroxylation is 1. The molecule has 2 N–H and O–H groups in total. The van der Waals surface area contributed by atoms with E-state index in [1.54, 1.807) is 13.0 Å². The van der Waals surface area contributed by atoms with Gasteiger partial charge in [-0.2, -0.15) is 0 Å². The quantitative estimate of drug-likeness (QED) is 0.804. The number of nitrogens with zero attached hydrogens (tertiary/aromatic N) is 1. The fraction of sp³-hybridized carbons (Fsp3) is 0.364. The van der Waals surface area contributed by atoms with Crippen LogP contribution >= 0.6 is 11.8 Å². The summed E-state index contributed by atoms with van der Waals surface area (Å²) >= 11 is 1.36. The van der Waals surface area contributed by atoms with Crippen molar-refractivity contribution in [2.75, 3.05) is 11.6 Å². The molecule has 0 aliphatic carbocycles. The standard InChI is InChI=1S/C11H12N2O4S/c1-6-2-3-7(9(14)12-6)10(15)13-5-18-4-8(13)11(16)17/h2-3,8H,4-5H2,1H3,(H,12,14)(H,16,17)/t8-/m0/s1. The van der Waals surface area contributed by atoms with Gasteiger partial charge in [-0.1, -0.05) is 0 Å². The average molecular weight is 268 g/mol. The summed E-state index contributed by atoms with van der Waals surface area (Å²) in [7, 11) is 0. The monoisotopic (exact) mass is 268 g/mol. The predicted molar refractivity (Wildman–Crippen MR) is 66.7 cm³/mol. The summed E-state index contributed by atoms with van der Waals surface area (Å²) in [6, 6.07) is 2.19. The zero-order valence-electron chi connectivity index (χ0n) is 9.67. The van der Waals surface area contributed by atoms with Crippen molar-refractivity contribution in [2.24, 2.45) is 0 Å². The van der Waals surface area contributed by atoms with Crippen LogP contribution in [0.5, 0.6) is 0 Å². The first-order valence-corrected chi connectivity index (χ1v) is 6.47. The lowest BCUT2D eigenvalue weighted by atomic mass is 10.2. The van der Waals surface area contributed by atoms with Crippen LogP contribution in [0.15, 0.2) is 16.9 Å². The SMILES string of the molecule is Cc1ccc(C(=O)N2CSC[C@H]2C(=O)O)c(=O)[nH]1. The van der Waals surface area contributed by atoms with Crippen LogP contribution in [0.4, 0.5) is 0 Å². The van der Waals surface area contributed by atoms with Crippen LogP contribution in [0.3, 0.4) is 0 Å². The number of hydrogen-bond donors (Lipinski definition) is 2. The number of rotatable bonds is 2. The summed E-state index contributed by atoms with van der Waals surface area (Å²) in [5.74, 6) is -0.931. The van der Waals surface area contributed by atoms with Gasteiger partial charge in [0.25, 0.3) is 11.5 Å². The van der Waals surface area contributed by atoms with Gasteiger partial charge in [-0.3, -0.25) is 9.59 Å². The summed E-state index contributed by atoms with van der Waals surface area (Å²) in [6.07, 6.45) is 0. The molecule has 96 valence electrons.